The first-order chi connectivity index (χ1) is 21.3. The Kier molecular flexibility index (Phi) is 9.95. The number of anilines is 1. The van der Waals surface area contributed by atoms with Gasteiger partial charge in [-0.05, 0) is 18.1 Å². The number of amides is 2. The van der Waals surface area contributed by atoms with Crippen LogP contribution in [0.5, 0.6) is 0 Å². The molecule has 1 saturated carbocycles. The zero-order valence-electron chi connectivity index (χ0n) is 31.0. The van der Waals surface area contributed by atoms with E-state index in [1.54, 1.807) is 0 Å². The minimum absolute atomic E-state index is 0.0315. The summed E-state index contributed by atoms with van der Waals surface area (Å²) in [5, 5.41) is 26.0. The van der Waals surface area contributed by atoms with Crippen LogP contribution in [0.4, 0.5) is 15.3 Å². The summed E-state index contributed by atoms with van der Waals surface area (Å²) in [5.41, 5.74) is 1.87. The predicted molar refractivity (Wildman–Crippen MR) is 194 cm³/mol. The Morgan fingerprint density at radius 1 is 0.957 bits per heavy atom. The average molecular weight is 776 g/mol. The first-order valence-electron chi connectivity index (χ1n) is 16.8. The molecule has 2 amide bonds. The van der Waals surface area contributed by atoms with Crippen LogP contribution in [-0.4, -0.2) is 70.0 Å². The topological polar surface area (TPSA) is 131 Å². The fraction of sp³-hybridized carbons (Fsp3) is 0.657. The van der Waals surface area contributed by atoms with E-state index < -0.39 is 49.7 Å². The fourth-order valence-corrected chi connectivity index (χ4v) is 12.4. The van der Waals surface area contributed by atoms with Crippen LogP contribution in [0.3, 0.4) is 0 Å². The molecule has 0 atom stereocenters. The van der Waals surface area contributed by atoms with Gasteiger partial charge in [0.05, 0.1) is 0 Å². The summed E-state index contributed by atoms with van der Waals surface area (Å²) in [6.07, 6.45) is 4.82. The Hall–Kier alpha value is -2.38. The number of hydrogen-bond acceptors (Lipinski definition) is 6. The molecule has 1 aliphatic rings. The normalized spacial score (nSPS) is 18.5. The van der Waals surface area contributed by atoms with Crippen molar-refractivity contribution in [1.82, 2.24) is 14.8 Å². The van der Waals surface area contributed by atoms with Crippen molar-refractivity contribution in [3.05, 3.63) is 23.7 Å². The maximum absolute atomic E-state index is 12.5. The van der Waals surface area contributed by atoms with Gasteiger partial charge < -0.3 is 0 Å². The molecule has 0 aliphatic heterocycles. The number of imide groups is 1. The summed E-state index contributed by atoms with van der Waals surface area (Å²) in [5.74, 6) is 0. The van der Waals surface area contributed by atoms with Gasteiger partial charge in [-0.2, -0.15) is 0 Å². The molecule has 3 aromatic rings. The molecule has 2 N–H and O–H groups in total. The van der Waals surface area contributed by atoms with Crippen molar-refractivity contribution in [2.45, 2.75) is 144 Å². The van der Waals surface area contributed by atoms with E-state index in [0.29, 0.717) is 21.7 Å². The van der Waals surface area contributed by atoms with Crippen LogP contribution in [0.1, 0.15) is 105 Å². The summed E-state index contributed by atoms with van der Waals surface area (Å²) in [4.78, 5) is 37.3. The molecule has 3 aromatic heterocycles. The van der Waals surface area contributed by atoms with Gasteiger partial charge >= 0.3 is 239 Å². The van der Waals surface area contributed by atoms with Crippen molar-refractivity contribution in [3.63, 3.8) is 0 Å². The summed E-state index contributed by atoms with van der Waals surface area (Å²) in [6, 6.07) is 0.224. The van der Waals surface area contributed by atoms with Crippen LogP contribution < -0.4 is 8.68 Å². The first kappa shape index (κ1) is 37.4. The van der Waals surface area contributed by atoms with Gasteiger partial charge in [-0.1, -0.05) is 20.8 Å². The molecule has 0 unspecified atom stereocenters. The van der Waals surface area contributed by atoms with Crippen LogP contribution in [0.2, 0.25) is 33.0 Å². The van der Waals surface area contributed by atoms with Crippen molar-refractivity contribution in [2.75, 3.05) is 4.90 Å². The second kappa shape index (κ2) is 12.5. The van der Waals surface area contributed by atoms with E-state index in [-0.39, 0.29) is 28.5 Å². The van der Waals surface area contributed by atoms with Gasteiger partial charge in [0.25, 0.3) is 0 Å². The molecular weight excluding hydrogens is 719 g/mol. The first-order valence-corrected chi connectivity index (χ1v) is 29.7. The Morgan fingerprint density at radius 3 is 1.96 bits per heavy atom. The molecule has 260 valence electrons. The third-order valence-electron chi connectivity index (χ3n) is 9.72. The SMILES string of the molecule is CC(C)(C)c1nc(-c2cnn(C3CCC(O[Si](C)(C)C(C)(C)C)CC3)c2)c2c(C(C)(C)C)[c]([Sn]([CH3])([CH3])[CH3])oc2c1N(C(=O)O)C(=O)O. The number of rotatable bonds is 6. The average Bonchev–Trinajstić information content (AvgIpc) is 3.53. The van der Waals surface area contributed by atoms with Gasteiger partial charge in [0.1, 0.15) is 0 Å². The number of furan rings is 1. The number of nitrogens with zero attached hydrogens (tertiary/aromatic N) is 4. The number of pyridine rings is 1. The maximum atomic E-state index is 12.5. The predicted octanol–water partition coefficient (Wildman–Crippen LogP) is 9.50. The third-order valence-corrected chi connectivity index (χ3v) is 19.1. The number of carbonyl (C=O) groups is 2. The number of hydrogen-bond donors (Lipinski definition) is 2. The Labute approximate surface area is 285 Å². The molecule has 1 aliphatic carbocycles. The van der Waals surface area contributed by atoms with E-state index in [1.807, 2.05) is 37.8 Å². The van der Waals surface area contributed by atoms with Crippen LogP contribution in [0.15, 0.2) is 16.8 Å². The van der Waals surface area contributed by atoms with Crippen molar-refractivity contribution < 1.29 is 28.6 Å². The van der Waals surface area contributed by atoms with Crippen LogP contribution >= 0.6 is 0 Å². The van der Waals surface area contributed by atoms with Crippen LogP contribution in [0, 0.1) is 0 Å². The second-order valence-corrected chi connectivity index (χ2v) is 36.7. The van der Waals surface area contributed by atoms with E-state index in [2.05, 4.69) is 69.5 Å². The molecule has 1 fully saturated rings. The molecule has 47 heavy (non-hydrogen) atoms. The van der Waals surface area contributed by atoms with Crippen LogP contribution in [-0.2, 0) is 15.3 Å². The van der Waals surface area contributed by atoms with Gasteiger partial charge in [0.15, 0.2) is 8.32 Å². The molecule has 0 radical (unpaired) electrons. The van der Waals surface area contributed by atoms with Gasteiger partial charge in [-0.15, -0.1) is 0 Å². The molecule has 3 heterocycles. The van der Waals surface area contributed by atoms with Crippen molar-refractivity contribution in [2.24, 2.45) is 0 Å². The quantitative estimate of drug-likeness (QED) is 0.237. The molecule has 0 spiro atoms. The van der Waals surface area contributed by atoms with Gasteiger partial charge in [0, 0.05) is 0 Å². The number of fused-ring (bicyclic) bond motifs is 1. The Bertz CT molecular complexity index is 1640. The van der Waals surface area contributed by atoms with E-state index in [1.165, 1.54) is 0 Å². The molecule has 0 bridgehead atoms. The fourth-order valence-electron chi connectivity index (χ4n) is 6.29. The van der Waals surface area contributed by atoms with E-state index in [4.69, 9.17) is 18.9 Å². The van der Waals surface area contributed by atoms with Crippen LogP contribution in [0.25, 0.3) is 22.2 Å². The molecule has 4 rings (SSSR count). The van der Waals surface area contributed by atoms with Gasteiger partial charge in [-0.3, -0.25) is 0 Å². The number of carboxylic acid groups (broad SMARTS) is 2. The zero-order chi connectivity index (χ0) is 35.7. The van der Waals surface area contributed by atoms with E-state index >= 15 is 0 Å². The zero-order valence-corrected chi connectivity index (χ0v) is 34.8. The van der Waals surface area contributed by atoms with Crippen molar-refractivity contribution in [1.29, 1.82) is 0 Å². The monoisotopic (exact) mass is 776 g/mol. The Balaban J connectivity index is 1.91. The summed E-state index contributed by atoms with van der Waals surface area (Å²) in [6.45, 7) is 23.5. The molecule has 12 heteroatoms. The summed E-state index contributed by atoms with van der Waals surface area (Å²) >= 11 is -3.03. The van der Waals surface area contributed by atoms with Crippen molar-refractivity contribution >= 4 is 59.3 Å². The standard InChI is InChI=1S/C32H47N4O6Si.3CH3.Sn/c1-30(2,3)22-18-41-26-23(22)24(34-27(31(4,5)6)25(26)36(28(37)38)29(39)40)19-16-33-35(17-19)20-12-14-21(15-13-20)42-43(10,11)32(7,8)9;;;;/h16-17,20-21H,12-15H2,1-11H3,(H,37,38)(H,39,40);3*1H3;. The van der Waals surface area contributed by atoms with E-state index in [9.17, 15) is 19.8 Å². The van der Waals surface area contributed by atoms with Gasteiger partial charge in [0.2, 0.25) is 0 Å². The summed E-state index contributed by atoms with van der Waals surface area (Å²) < 4.78 is 16.4. The number of aromatic nitrogens is 3. The van der Waals surface area contributed by atoms with Gasteiger partial charge in [-0.25, -0.2) is 0 Å². The molecule has 0 aromatic carbocycles. The molecular formula is C35H56N4O6SiSn. The third kappa shape index (κ3) is 7.46. The van der Waals surface area contributed by atoms with Crippen molar-refractivity contribution in [3.8, 4) is 11.3 Å². The minimum atomic E-state index is -3.03. The molecule has 0 saturated heterocycles. The Morgan fingerprint density at radius 2 is 1.51 bits per heavy atom. The van der Waals surface area contributed by atoms with E-state index in [0.717, 1.165) is 40.6 Å². The molecule has 10 nitrogen and oxygen atoms in total. The second-order valence-electron chi connectivity index (χ2n) is 17.8. The summed E-state index contributed by atoms with van der Waals surface area (Å²) in [7, 11) is -1.85.